The van der Waals surface area contributed by atoms with Crippen LogP contribution in [0.5, 0.6) is 0 Å². The molecular weight excluding hydrogens is 775 g/mol. The highest BCUT2D eigenvalue weighted by molar-refractivity contribution is 5.80. The van der Waals surface area contributed by atoms with Gasteiger partial charge in [0.15, 0.2) is 6.29 Å². The number of aliphatic hydroxyl groups is 7. The number of nitrogens with one attached hydrogen (secondary N) is 1. The molecule has 1 fully saturated rings. The molecule has 8 N–H and O–H groups in total. The van der Waals surface area contributed by atoms with Crippen LogP contribution in [-0.4, -0.2) is 110 Å². The zero-order valence-electron chi connectivity index (χ0n) is 38.9. The van der Waals surface area contributed by atoms with Gasteiger partial charge in [-0.05, 0) is 51.4 Å². The van der Waals surface area contributed by atoms with Crippen LogP contribution in [0.3, 0.4) is 0 Å². The monoisotopic (exact) mass is 870 g/mol. The van der Waals surface area contributed by atoms with Crippen LogP contribution in [0.25, 0.3) is 0 Å². The van der Waals surface area contributed by atoms with E-state index in [1.165, 1.54) is 135 Å². The molecule has 9 unspecified atom stereocenters. The summed E-state index contributed by atoms with van der Waals surface area (Å²) in [6.45, 7) is 3.42. The Kier molecular flexibility index (Phi) is 37.9. The van der Waals surface area contributed by atoms with Gasteiger partial charge in [0.2, 0.25) is 5.91 Å². The van der Waals surface area contributed by atoms with Crippen molar-refractivity contribution in [2.75, 3.05) is 13.2 Å². The van der Waals surface area contributed by atoms with E-state index in [0.29, 0.717) is 19.3 Å². The highest BCUT2D eigenvalue weighted by Crippen LogP contribution is 2.23. The molecule has 1 saturated heterocycles. The topological polar surface area (TPSA) is 189 Å². The number of aliphatic hydroxyl groups excluding tert-OH is 7. The molecule has 1 heterocycles. The van der Waals surface area contributed by atoms with Gasteiger partial charge in [0.25, 0.3) is 0 Å². The quantitative estimate of drug-likeness (QED) is 0.0217. The molecule has 0 radical (unpaired) electrons. The molecule has 11 heteroatoms. The summed E-state index contributed by atoms with van der Waals surface area (Å²) < 4.78 is 11.1. The summed E-state index contributed by atoms with van der Waals surface area (Å²) in [4.78, 5) is 13.1. The van der Waals surface area contributed by atoms with Gasteiger partial charge in [-0.3, -0.25) is 4.79 Å². The van der Waals surface area contributed by atoms with Gasteiger partial charge < -0.3 is 50.5 Å². The molecule has 0 spiro atoms. The Morgan fingerprint density at radius 2 is 0.984 bits per heavy atom. The van der Waals surface area contributed by atoms with Crippen LogP contribution in [0, 0.1) is 0 Å². The number of ether oxygens (including phenoxy) is 2. The number of allylic oxidation sites excluding steroid dienone is 4. The van der Waals surface area contributed by atoms with Crippen LogP contribution < -0.4 is 5.32 Å². The maximum Gasteiger partial charge on any atom is 0.249 e. The predicted octanol–water partition coefficient (Wildman–Crippen LogP) is 9.01. The van der Waals surface area contributed by atoms with Crippen LogP contribution in [0.15, 0.2) is 24.3 Å². The van der Waals surface area contributed by atoms with Crippen molar-refractivity contribution in [3.05, 3.63) is 24.3 Å². The Labute approximate surface area is 372 Å². The average Bonchev–Trinajstić information content (AvgIpc) is 3.26. The van der Waals surface area contributed by atoms with E-state index in [0.717, 1.165) is 38.5 Å². The van der Waals surface area contributed by atoms with Crippen molar-refractivity contribution in [1.82, 2.24) is 5.32 Å². The van der Waals surface area contributed by atoms with Gasteiger partial charge in [0.1, 0.15) is 36.6 Å². The van der Waals surface area contributed by atoms with E-state index in [1.807, 2.05) is 0 Å². The van der Waals surface area contributed by atoms with E-state index in [9.17, 15) is 40.5 Å². The van der Waals surface area contributed by atoms with E-state index in [4.69, 9.17) is 9.47 Å². The summed E-state index contributed by atoms with van der Waals surface area (Å²) in [5.74, 6) is -0.708. The SMILES string of the molecule is CCCCCCCC/C=C/CC/C=C/CCCC(O)C(O)C(COC1OC(CO)C(O)C(O)C1O)NC(=O)C(O)CCCCCCCCCCCCCCCCCCCCC. The average molecular weight is 870 g/mol. The third-order valence-electron chi connectivity index (χ3n) is 12.2. The predicted molar refractivity (Wildman–Crippen MR) is 247 cm³/mol. The molecule has 0 saturated carbocycles. The zero-order valence-corrected chi connectivity index (χ0v) is 38.9. The van der Waals surface area contributed by atoms with Crippen LogP contribution in [0.4, 0.5) is 0 Å². The van der Waals surface area contributed by atoms with E-state index >= 15 is 0 Å². The lowest BCUT2D eigenvalue weighted by atomic mass is 9.98. The standard InChI is InChI=1S/C50H95NO10/c1-3-5-7-9-11-13-15-17-19-20-21-22-24-26-28-30-32-34-36-38-43(54)49(59)51-41(40-60-50-48(58)47(57)46(56)44(39-52)61-50)45(55)42(53)37-35-33-31-29-27-25-23-18-16-14-12-10-8-6-4-2/h18,23,29,31,41-48,50,52-58H,3-17,19-22,24-28,30,32-40H2,1-2H3,(H,51,59)/b23-18+,31-29+. The Bertz CT molecular complexity index is 1040. The first kappa shape index (κ1) is 57.6. The van der Waals surface area contributed by atoms with Gasteiger partial charge in [0, 0.05) is 0 Å². The van der Waals surface area contributed by atoms with E-state index in [2.05, 4.69) is 43.5 Å². The molecular formula is C50H95NO10. The van der Waals surface area contributed by atoms with Crippen LogP contribution in [0.1, 0.15) is 219 Å². The molecule has 0 aromatic carbocycles. The van der Waals surface area contributed by atoms with Crippen LogP contribution in [-0.2, 0) is 14.3 Å². The first-order valence-corrected chi connectivity index (χ1v) is 25.2. The second-order valence-electron chi connectivity index (χ2n) is 17.9. The molecule has 1 rings (SSSR count). The Hall–Kier alpha value is -1.41. The maximum atomic E-state index is 13.1. The Balaban J connectivity index is 2.42. The minimum Gasteiger partial charge on any atom is -0.394 e. The number of hydrogen-bond donors (Lipinski definition) is 8. The van der Waals surface area contributed by atoms with Crippen LogP contribution >= 0.6 is 0 Å². The molecule has 1 aliphatic heterocycles. The summed E-state index contributed by atoms with van der Waals surface area (Å²) in [7, 11) is 0. The van der Waals surface area contributed by atoms with E-state index < -0.39 is 74.2 Å². The molecule has 360 valence electrons. The fourth-order valence-electron chi connectivity index (χ4n) is 8.05. The lowest BCUT2D eigenvalue weighted by Gasteiger charge is -2.40. The van der Waals surface area contributed by atoms with Gasteiger partial charge in [-0.15, -0.1) is 0 Å². The largest absolute Gasteiger partial charge is 0.394 e. The van der Waals surface area contributed by atoms with Gasteiger partial charge in [0.05, 0.1) is 25.4 Å². The second-order valence-corrected chi connectivity index (χ2v) is 17.9. The minimum atomic E-state index is -1.67. The second kappa shape index (κ2) is 40.1. The van der Waals surface area contributed by atoms with Crippen molar-refractivity contribution in [3.8, 4) is 0 Å². The summed E-state index contributed by atoms with van der Waals surface area (Å²) in [5, 5.41) is 75.8. The number of rotatable bonds is 42. The molecule has 0 bridgehead atoms. The third-order valence-corrected chi connectivity index (χ3v) is 12.2. The minimum absolute atomic E-state index is 0.248. The van der Waals surface area contributed by atoms with Crippen molar-refractivity contribution in [1.29, 1.82) is 0 Å². The summed E-state index contributed by atoms with van der Waals surface area (Å²) in [6, 6.07) is -1.19. The number of carbonyl (C=O) groups is 1. The molecule has 9 atom stereocenters. The number of carbonyl (C=O) groups excluding carboxylic acids is 1. The first-order valence-electron chi connectivity index (χ1n) is 25.2. The molecule has 61 heavy (non-hydrogen) atoms. The summed E-state index contributed by atoms with van der Waals surface area (Å²) in [5.41, 5.74) is 0. The van der Waals surface area contributed by atoms with Gasteiger partial charge in [-0.2, -0.15) is 0 Å². The highest BCUT2D eigenvalue weighted by Gasteiger charge is 2.44. The maximum absolute atomic E-state index is 13.1. The number of unbranched alkanes of at least 4 members (excludes halogenated alkanes) is 26. The Morgan fingerprint density at radius 3 is 1.46 bits per heavy atom. The Morgan fingerprint density at radius 1 is 0.557 bits per heavy atom. The van der Waals surface area contributed by atoms with E-state index in [1.54, 1.807) is 0 Å². The van der Waals surface area contributed by atoms with Crippen molar-refractivity contribution in [3.63, 3.8) is 0 Å². The van der Waals surface area contributed by atoms with Gasteiger partial charge in [-0.1, -0.05) is 192 Å². The fourth-order valence-corrected chi connectivity index (χ4v) is 8.05. The molecule has 0 aromatic heterocycles. The van der Waals surface area contributed by atoms with Crippen molar-refractivity contribution in [2.45, 2.75) is 274 Å². The van der Waals surface area contributed by atoms with Crippen molar-refractivity contribution >= 4 is 5.91 Å². The summed E-state index contributed by atoms with van der Waals surface area (Å²) >= 11 is 0. The smallest absolute Gasteiger partial charge is 0.249 e. The first-order chi connectivity index (χ1) is 29.7. The summed E-state index contributed by atoms with van der Waals surface area (Å²) in [6.07, 6.45) is 33.7. The number of amides is 1. The molecule has 11 nitrogen and oxygen atoms in total. The third kappa shape index (κ3) is 29.6. The number of hydrogen-bond acceptors (Lipinski definition) is 10. The lowest BCUT2D eigenvalue weighted by Crippen LogP contribution is -2.60. The van der Waals surface area contributed by atoms with Gasteiger partial charge in [-0.25, -0.2) is 0 Å². The lowest BCUT2D eigenvalue weighted by molar-refractivity contribution is -0.303. The normalized spacial score (nSPS) is 21.6. The van der Waals surface area contributed by atoms with Crippen LogP contribution in [0.2, 0.25) is 0 Å². The van der Waals surface area contributed by atoms with Crippen molar-refractivity contribution < 1.29 is 50.0 Å². The van der Waals surface area contributed by atoms with Crippen molar-refractivity contribution in [2.24, 2.45) is 0 Å². The highest BCUT2D eigenvalue weighted by atomic mass is 16.7. The molecule has 0 aromatic rings. The molecule has 1 amide bonds. The molecule has 0 aliphatic carbocycles. The van der Waals surface area contributed by atoms with Gasteiger partial charge >= 0.3 is 0 Å². The molecule has 1 aliphatic rings. The fraction of sp³-hybridized carbons (Fsp3) is 0.900. The van der Waals surface area contributed by atoms with E-state index in [-0.39, 0.29) is 12.8 Å². The zero-order chi connectivity index (χ0) is 44.8.